The molecule has 4 heteroatoms. The Morgan fingerprint density at radius 1 is 0.610 bits per heavy atom. The van der Waals surface area contributed by atoms with Crippen LogP contribution >= 0.6 is 22.6 Å². The molecule has 41 heavy (non-hydrogen) atoms. The maximum Gasteiger partial charge on any atom is 0.119 e. The zero-order valence-corrected chi connectivity index (χ0v) is 27.2. The van der Waals surface area contributed by atoms with Crippen LogP contribution in [0.2, 0.25) is 0 Å². The van der Waals surface area contributed by atoms with Gasteiger partial charge in [0.25, 0.3) is 0 Å². The van der Waals surface area contributed by atoms with E-state index >= 15 is 0 Å². The van der Waals surface area contributed by atoms with Gasteiger partial charge in [-0.15, -0.1) is 0 Å². The van der Waals surface area contributed by atoms with E-state index in [2.05, 4.69) is 91.6 Å². The first kappa shape index (κ1) is 31.6. The molecular weight excluding hydrogens is 619 g/mol. The summed E-state index contributed by atoms with van der Waals surface area (Å²) in [5.41, 5.74) is 7.95. The SMILES string of the molecule is CCCCOCCOCCOc1ccc(C#Cc2ccc3c(c2)C(CCCC)(CCCC)c2cc(I)ccc2-3)cc1. The third-order valence-corrected chi connectivity index (χ3v) is 8.62. The number of rotatable bonds is 16. The van der Waals surface area contributed by atoms with Crippen LogP contribution < -0.4 is 4.74 Å². The van der Waals surface area contributed by atoms with E-state index in [0.717, 1.165) is 36.3 Å². The third kappa shape index (κ3) is 8.37. The summed E-state index contributed by atoms with van der Waals surface area (Å²) in [4.78, 5) is 0. The average molecular weight is 665 g/mol. The van der Waals surface area contributed by atoms with Crippen molar-refractivity contribution in [2.75, 3.05) is 33.0 Å². The van der Waals surface area contributed by atoms with Crippen LogP contribution in [0.5, 0.6) is 5.75 Å². The molecule has 0 saturated carbocycles. The molecule has 0 amide bonds. The summed E-state index contributed by atoms with van der Waals surface area (Å²) < 4.78 is 18.2. The van der Waals surface area contributed by atoms with Crippen LogP contribution in [0.25, 0.3) is 11.1 Å². The number of benzene rings is 3. The Hall–Kier alpha value is -2.33. The fourth-order valence-corrected chi connectivity index (χ4v) is 6.22. The Labute approximate surface area is 261 Å². The second-order valence-electron chi connectivity index (χ2n) is 10.9. The molecule has 0 spiro atoms. The number of ether oxygens (including phenoxy) is 3. The van der Waals surface area contributed by atoms with Gasteiger partial charge in [-0.3, -0.25) is 0 Å². The molecule has 3 nitrogen and oxygen atoms in total. The lowest BCUT2D eigenvalue weighted by molar-refractivity contribution is 0.0356. The number of unbranched alkanes of at least 4 members (excludes halogenated alkanes) is 3. The predicted molar refractivity (Wildman–Crippen MR) is 179 cm³/mol. The molecule has 3 aromatic rings. The molecule has 3 aromatic carbocycles. The minimum atomic E-state index is 0.0837. The molecular formula is C37H45IO3. The maximum absolute atomic E-state index is 5.83. The number of hydrogen-bond donors (Lipinski definition) is 0. The van der Waals surface area contributed by atoms with Gasteiger partial charge in [0.1, 0.15) is 12.4 Å². The van der Waals surface area contributed by atoms with Crippen LogP contribution in [0.4, 0.5) is 0 Å². The molecule has 4 rings (SSSR count). The van der Waals surface area contributed by atoms with Crippen LogP contribution in [-0.4, -0.2) is 33.0 Å². The molecule has 0 heterocycles. The van der Waals surface area contributed by atoms with Gasteiger partial charge in [0.2, 0.25) is 0 Å². The highest BCUT2D eigenvalue weighted by molar-refractivity contribution is 14.1. The fraction of sp³-hybridized carbons (Fsp3) is 0.459. The van der Waals surface area contributed by atoms with E-state index in [1.54, 1.807) is 0 Å². The molecule has 0 fully saturated rings. The van der Waals surface area contributed by atoms with Crippen molar-refractivity contribution in [1.29, 1.82) is 0 Å². The van der Waals surface area contributed by atoms with Crippen LogP contribution in [-0.2, 0) is 14.9 Å². The highest BCUT2D eigenvalue weighted by Gasteiger charge is 2.42. The van der Waals surface area contributed by atoms with Crippen molar-refractivity contribution in [3.8, 4) is 28.7 Å². The van der Waals surface area contributed by atoms with Crippen LogP contribution in [0.15, 0.2) is 60.7 Å². The van der Waals surface area contributed by atoms with Crippen LogP contribution in [0.1, 0.15) is 94.4 Å². The quantitative estimate of drug-likeness (QED) is 0.0868. The van der Waals surface area contributed by atoms with Crippen LogP contribution in [0, 0.1) is 15.4 Å². The van der Waals surface area contributed by atoms with Gasteiger partial charge < -0.3 is 14.2 Å². The second kappa shape index (κ2) is 16.3. The Bertz CT molecular complexity index is 1290. The first-order chi connectivity index (χ1) is 20.1. The van der Waals surface area contributed by atoms with E-state index in [1.165, 1.54) is 64.3 Å². The van der Waals surface area contributed by atoms with Crippen molar-refractivity contribution in [2.24, 2.45) is 0 Å². The maximum atomic E-state index is 5.83. The molecule has 218 valence electrons. The summed E-state index contributed by atoms with van der Waals surface area (Å²) in [6, 6.07) is 21.9. The smallest absolute Gasteiger partial charge is 0.119 e. The van der Waals surface area contributed by atoms with Crippen molar-refractivity contribution in [3.63, 3.8) is 0 Å². The summed E-state index contributed by atoms with van der Waals surface area (Å²) >= 11 is 2.47. The molecule has 1 aliphatic rings. The lowest BCUT2D eigenvalue weighted by atomic mass is 9.70. The van der Waals surface area contributed by atoms with Crippen molar-refractivity contribution in [3.05, 3.63) is 86.5 Å². The molecule has 0 bridgehead atoms. The summed E-state index contributed by atoms with van der Waals surface area (Å²) in [7, 11) is 0. The first-order valence-corrected chi connectivity index (χ1v) is 16.5. The van der Waals surface area contributed by atoms with Crippen molar-refractivity contribution in [1.82, 2.24) is 0 Å². The highest BCUT2D eigenvalue weighted by Crippen LogP contribution is 2.54. The Morgan fingerprint density at radius 2 is 1.17 bits per heavy atom. The van der Waals surface area contributed by atoms with Gasteiger partial charge in [-0.05, 0) is 113 Å². The minimum absolute atomic E-state index is 0.0837. The molecule has 0 atom stereocenters. The predicted octanol–water partition coefficient (Wildman–Crippen LogP) is 9.55. The summed E-state index contributed by atoms with van der Waals surface area (Å²) in [6.45, 7) is 9.90. The third-order valence-electron chi connectivity index (χ3n) is 7.95. The fourth-order valence-electron chi connectivity index (χ4n) is 5.73. The van der Waals surface area contributed by atoms with Crippen molar-refractivity contribution >= 4 is 22.6 Å². The number of fused-ring (bicyclic) bond motifs is 3. The molecule has 0 aliphatic heterocycles. The zero-order chi connectivity index (χ0) is 28.9. The van der Waals surface area contributed by atoms with Crippen molar-refractivity contribution < 1.29 is 14.2 Å². The number of halogens is 1. The van der Waals surface area contributed by atoms with Gasteiger partial charge in [-0.1, -0.05) is 76.8 Å². The van der Waals surface area contributed by atoms with Crippen LogP contribution in [0.3, 0.4) is 0 Å². The molecule has 0 N–H and O–H groups in total. The topological polar surface area (TPSA) is 27.7 Å². The standard InChI is InChI=1S/C37H45IO3/c1-4-7-20-37(21-8-5-2)35-27-30(14-18-33(35)34-19-15-31(38)28-36(34)37)11-10-29-12-16-32(17-13-29)41-26-25-40-24-23-39-22-9-6-3/h12-19,27-28H,4-9,20-26H2,1-3H3. The lowest BCUT2D eigenvalue weighted by Crippen LogP contribution is -2.25. The van der Waals surface area contributed by atoms with Crippen molar-refractivity contribution in [2.45, 2.75) is 77.6 Å². The van der Waals surface area contributed by atoms with Gasteiger partial charge in [0.15, 0.2) is 0 Å². The highest BCUT2D eigenvalue weighted by atomic mass is 127. The largest absolute Gasteiger partial charge is 0.491 e. The van der Waals surface area contributed by atoms with E-state index in [-0.39, 0.29) is 5.41 Å². The van der Waals surface area contributed by atoms with Gasteiger partial charge >= 0.3 is 0 Å². The normalized spacial score (nSPS) is 12.9. The molecule has 1 aliphatic carbocycles. The first-order valence-electron chi connectivity index (χ1n) is 15.5. The molecule has 0 saturated heterocycles. The molecule has 0 unspecified atom stereocenters. The van der Waals surface area contributed by atoms with Gasteiger partial charge in [-0.25, -0.2) is 0 Å². The monoisotopic (exact) mass is 664 g/mol. The minimum Gasteiger partial charge on any atom is -0.491 e. The summed E-state index contributed by atoms with van der Waals surface area (Å²) in [6.07, 6.45) is 9.53. The lowest BCUT2D eigenvalue weighted by Gasteiger charge is -2.33. The zero-order valence-electron chi connectivity index (χ0n) is 25.1. The molecule has 0 radical (unpaired) electrons. The van der Waals surface area contributed by atoms with E-state index in [4.69, 9.17) is 14.2 Å². The second-order valence-corrected chi connectivity index (χ2v) is 12.2. The Morgan fingerprint density at radius 3 is 1.85 bits per heavy atom. The van der Waals surface area contributed by atoms with Gasteiger partial charge in [0.05, 0.1) is 19.8 Å². The van der Waals surface area contributed by atoms with Gasteiger partial charge in [-0.2, -0.15) is 0 Å². The Kier molecular flexibility index (Phi) is 12.6. The van der Waals surface area contributed by atoms with Gasteiger partial charge in [0, 0.05) is 26.7 Å². The summed E-state index contributed by atoms with van der Waals surface area (Å²) in [5.74, 6) is 7.67. The summed E-state index contributed by atoms with van der Waals surface area (Å²) in [5, 5.41) is 0. The van der Waals surface area contributed by atoms with E-state index in [9.17, 15) is 0 Å². The van der Waals surface area contributed by atoms with E-state index in [0.29, 0.717) is 26.4 Å². The molecule has 0 aromatic heterocycles. The van der Waals surface area contributed by atoms with E-state index in [1.807, 2.05) is 24.3 Å². The average Bonchev–Trinajstić information content (AvgIpc) is 3.25. The van der Waals surface area contributed by atoms with E-state index < -0.39 is 0 Å². The number of hydrogen-bond acceptors (Lipinski definition) is 3. The Balaban J connectivity index is 1.43.